The monoisotopic (exact) mass is 292 g/mol. The van der Waals surface area contributed by atoms with Crippen molar-refractivity contribution in [3.05, 3.63) is 36.5 Å². The summed E-state index contributed by atoms with van der Waals surface area (Å²) in [5.41, 5.74) is 0. The van der Waals surface area contributed by atoms with Crippen molar-refractivity contribution >= 4 is 11.8 Å². The first-order valence-corrected chi connectivity index (χ1v) is 7.89. The Kier molecular flexibility index (Phi) is 13.6. The van der Waals surface area contributed by atoms with Crippen molar-refractivity contribution in [1.82, 2.24) is 0 Å². The Morgan fingerprint density at radius 1 is 0.857 bits per heavy atom. The Balaban J connectivity index is 3.49. The summed E-state index contributed by atoms with van der Waals surface area (Å²) >= 11 is 0. The highest BCUT2D eigenvalue weighted by Crippen LogP contribution is 2.07. The Labute approximate surface area is 128 Å². The fourth-order valence-corrected chi connectivity index (χ4v) is 1.85. The number of carboxylic acids is 1. The molecule has 0 heterocycles. The predicted octanol–water partition coefficient (Wildman–Crippen LogP) is 4.84. The van der Waals surface area contributed by atoms with Gasteiger partial charge in [0.2, 0.25) is 0 Å². The molecule has 0 bridgehead atoms. The predicted molar refractivity (Wildman–Crippen MR) is 87.3 cm³/mol. The molecule has 21 heavy (non-hydrogen) atoms. The van der Waals surface area contributed by atoms with Gasteiger partial charge in [-0.15, -0.1) is 0 Å². The summed E-state index contributed by atoms with van der Waals surface area (Å²) in [5.74, 6) is -0.567. The Morgan fingerprint density at radius 2 is 1.52 bits per heavy atom. The lowest BCUT2D eigenvalue weighted by atomic mass is 10.1. The molecule has 0 aromatic heterocycles. The van der Waals surface area contributed by atoms with Gasteiger partial charge in [0.05, 0.1) is 0 Å². The lowest BCUT2D eigenvalue weighted by Crippen LogP contribution is -1.94. The topological polar surface area (TPSA) is 54.4 Å². The second kappa shape index (κ2) is 14.8. The number of hydrogen-bond acceptors (Lipinski definition) is 2. The van der Waals surface area contributed by atoms with Crippen LogP contribution in [0.15, 0.2) is 36.5 Å². The number of carbonyl (C=O) groups is 2. The molecule has 1 N–H and O–H groups in total. The third-order valence-electron chi connectivity index (χ3n) is 3.02. The quantitative estimate of drug-likeness (QED) is 0.229. The molecule has 0 spiro atoms. The third kappa shape index (κ3) is 16.3. The molecule has 0 saturated carbocycles. The van der Waals surface area contributed by atoms with Crippen LogP contribution in [0, 0.1) is 0 Å². The molecule has 118 valence electrons. The average Bonchev–Trinajstić information content (AvgIpc) is 2.45. The van der Waals surface area contributed by atoms with Crippen LogP contribution < -0.4 is 0 Å². The number of allylic oxidation sites excluding steroid dienone is 6. The number of hydrogen-bond donors (Lipinski definition) is 1. The highest BCUT2D eigenvalue weighted by molar-refractivity contribution is 5.89. The Morgan fingerprint density at radius 3 is 2.19 bits per heavy atom. The minimum atomic E-state index is -0.728. The minimum absolute atomic E-state index is 0.161. The molecule has 0 aliphatic rings. The summed E-state index contributed by atoms with van der Waals surface area (Å²) in [6.45, 7) is 2.10. The van der Waals surface area contributed by atoms with Crippen LogP contribution in [0.4, 0.5) is 0 Å². The van der Waals surface area contributed by atoms with E-state index in [0.717, 1.165) is 44.9 Å². The van der Waals surface area contributed by atoms with Crippen molar-refractivity contribution in [2.24, 2.45) is 0 Å². The SMILES string of the molecule is CC/C=C/C/C=C/C=C/C(=O)CCCCCCCC(=O)O. The molecular formula is C18H28O3. The van der Waals surface area contributed by atoms with Crippen LogP contribution in [0.25, 0.3) is 0 Å². The Hall–Kier alpha value is -1.64. The van der Waals surface area contributed by atoms with Crippen molar-refractivity contribution in [2.45, 2.75) is 64.7 Å². The van der Waals surface area contributed by atoms with Crippen molar-refractivity contribution < 1.29 is 14.7 Å². The molecule has 0 aromatic rings. The van der Waals surface area contributed by atoms with Gasteiger partial charge in [-0.25, -0.2) is 0 Å². The van der Waals surface area contributed by atoms with Gasteiger partial charge in [0.25, 0.3) is 0 Å². The van der Waals surface area contributed by atoms with E-state index in [9.17, 15) is 9.59 Å². The first-order valence-electron chi connectivity index (χ1n) is 7.89. The van der Waals surface area contributed by atoms with Crippen molar-refractivity contribution in [3.8, 4) is 0 Å². The van der Waals surface area contributed by atoms with E-state index in [4.69, 9.17) is 5.11 Å². The maximum absolute atomic E-state index is 11.5. The summed E-state index contributed by atoms with van der Waals surface area (Å²) in [4.78, 5) is 21.9. The molecule has 0 rings (SSSR count). The molecule has 0 aliphatic carbocycles. The van der Waals surface area contributed by atoms with Crippen LogP contribution in [0.3, 0.4) is 0 Å². The van der Waals surface area contributed by atoms with E-state index in [1.54, 1.807) is 12.2 Å². The van der Waals surface area contributed by atoms with E-state index in [2.05, 4.69) is 19.1 Å². The maximum atomic E-state index is 11.5. The molecular weight excluding hydrogens is 264 g/mol. The molecule has 3 nitrogen and oxygen atoms in total. The van der Waals surface area contributed by atoms with Gasteiger partial charge in [0, 0.05) is 12.8 Å². The zero-order valence-corrected chi connectivity index (χ0v) is 13.1. The van der Waals surface area contributed by atoms with Crippen LogP contribution in [0.2, 0.25) is 0 Å². The average molecular weight is 292 g/mol. The second-order valence-corrected chi connectivity index (χ2v) is 5.03. The van der Waals surface area contributed by atoms with E-state index in [1.165, 1.54) is 0 Å². The van der Waals surface area contributed by atoms with Crippen molar-refractivity contribution in [3.63, 3.8) is 0 Å². The molecule has 0 radical (unpaired) electrons. The summed E-state index contributed by atoms with van der Waals surface area (Å²) in [7, 11) is 0. The Bertz CT molecular complexity index is 365. The number of rotatable bonds is 13. The fraction of sp³-hybridized carbons (Fsp3) is 0.556. The van der Waals surface area contributed by atoms with E-state index in [-0.39, 0.29) is 12.2 Å². The molecule has 0 fully saturated rings. The maximum Gasteiger partial charge on any atom is 0.303 e. The zero-order valence-electron chi connectivity index (χ0n) is 13.1. The second-order valence-electron chi connectivity index (χ2n) is 5.03. The number of aliphatic carboxylic acids is 1. The smallest absolute Gasteiger partial charge is 0.303 e. The van der Waals surface area contributed by atoms with Gasteiger partial charge in [-0.3, -0.25) is 9.59 Å². The largest absolute Gasteiger partial charge is 0.481 e. The first-order chi connectivity index (χ1) is 10.2. The van der Waals surface area contributed by atoms with Crippen LogP contribution in [-0.2, 0) is 9.59 Å². The van der Waals surface area contributed by atoms with Crippen molar-refractivity contribution in [2.75, 3.05) is 0 Å². The fourth-order valence-electron chi connectivity index (χ4n) is 1.85. The normalized spacial score (nSPS) is 11.9. The number of ketones is 1. The summed E-state index contributed by atoms with van der Waals surface area (Å²) < 4.78 is 0. The molecule has 0 atom stereocenters. The van der Waals surface area contributed by atoms with Gasteiger partial charge in [-0.05, 0) is 31.8 Å². The van der Waals surface area contributed by atoms with E-state index >= 15 is 0 Å². The summed E-state index contributed by atoms with van der Waals surface area (Å²) in [5, 5.41) is 8.49. The highest BCUT2D eigenvalue weighted by atomic mass is 16.4. The third-order valence-corrected chi connectivity index (χ3v) is 3.02. The number of carbonyl (C=O) groups excluding carboxylic acids is 1. The lowest BCUT2D eigenvalue weighted by molar-refractivity contribution is -0.137. The molecule has 0 amide bonds. The van der Waals surface area contributed by atoms with Gasteiger partial charge in [-0.1, -0.05) is 56.6 Å². The van der Waals surface area contributed by atoms with E-state index in [0.29, 0.717) is 6.42 Å². The van der Waals surface area contributed by atoms with Gasteiger partial charge in [-0.2, -0.15) is 0 Å². The van der Waals surface area contributed by atoms with Crippen LogP contribution in [-0.4, -0.2) is 16.9 Å². The number of carboxylic acid groups (broad SMARTS) is 1. The molecule has 0 aliphatic heterocycles. The van der Waals surface area contributed by atoms with E-state index < -0.39 is 5.97 Å². The van der Waals surface area contributed by atoms with Crippen molar-refractivity contribution in [1.29, 1.82) is 0 Å². The van der Waals surface area contributed by atoms with Gasteiger partial charge in [0.1, 0.15) is 0 Å². The van der Waals surface area contributed by atoms with Gasteiger partial charge < -0.3 is 5.11 Å². The zero-order chi connectivity index (χ0) is 15.8. The first kappa shape index (κ1) is 19.4. The molecule has 0 saturated heterocycles. The summed E-state index contributed by atoms with van der Waals surface area (Å²) in [6, 6.07) is 0. The summed E-state index contributed by atoms with van der Waals surface area (Å²) in [6.07, 6.45) is 18.9. The standard InChI is InChI=1S/C18H28O3/c1-2-3-4-5-6-8-11-14-17(19)15-12-9-7-10-13-16-18(20)21/h3-4,6,8,11,14H,2,5,7,9-10,12-13,15-16H2,1H3,(H,20,21)/b4-3+,8-6+,14-11+. The molecule has 0 aromatic carbocycles. The lowest BCUT2D eigenvalue weighted by Gasteiger charge is -1.98. The number of unbranched alkanes of at least 4 members (excludes halogenated alkanes) is 4. The molecule has 3 heteroatoms. The van der Waals surface area contributed by atoms with E-state index in [1.807, 2.05) is 12.2 Å². The minimum Gasteiger partial charge on any atom is -0.481 e. The highest BCUT2D eigenvalue weighted by Gasteiger charge is 1.98. The van der Waals surface area contributed by atoms with Crippen LogP contribution in [0.1, 0.15) is 64.7 Å². The van der Waals surface area contributed by atoms with Gasteiger partial charge in [0.15, 0.2) is 5.78 Å². The molecule has 0 unspecified atom stereocenters. The van der Waals surface area contributed by atoms with Gasteiger partial charge >= 0.3 is 5.97 Å². The van der Waals surface area contributed by atoms with Crippen LogP contribution in [0.5, 0.6) is 0 Å². The van der Waals surface area contributed by atoms with Crippen LogP contribution >= 0.6 is 0 Å².